The molecule has 3 rings (SSSR count). The molecule has 13 heteroatoms. The van der Waals surface area contributed by atoms with E-state index in [0.29, 0.717) is 30.9 Å². The number of nitrogens with zero attached hydrogens (tertiary/aromatic N) is 4. The predicted molar refractivity (Wildman–Crippen MR) is 132 cm³/mol. The van der Waals surface area contributed by atoms with Gasteiger partial charge in [-0.15, -0.1) is 13.2 Å². The average Bonchev–Trinajstić information content (AvgIpc) is 3.26. The molecule has 1 amide bonds. The molecule has 0 radical (unpaired) electrons. The second-order valence-corrected chi connectivity index (χ2v) is 9.84. The Kier molecular flexibility index (Phi) is 8.89. The van der Waals surface area contributed by atoms with Crippen molar-refractivity contribution >= 4 is 23.7 Å². The van der Waals surface area contributed by atoms with Crippen LogP contribution in [0.4, 0.5) is 29.6 Å². The van der Waals surface area contributed by atoms with Crippen molar-refractivity contribution in [1.82, 2.24) is 9.97 Å². The Bertz CT molecular complexity index is 1120. The van der Waals surface area contributed by atoms with Gasteiger partial charge in [-0.1, -0.05) is 12.1 Å². The number of methoxy groups -OCH3 is 1. The maximum absolute atomic E-state index is 13.2. The van der Waals surface area contributed by atoms with Gasteiger partial charge < -0.3 is 24.2 Å². The van der Waals surface area contributed by atoms with Crippen LogP contribution in [0, 0.1) is 5.92 Å². The SMILES string of the molecule is COc1nc(N2CCC(CC(=O)O)C2)cc(N(CCc2ccc(OC(F)(F)F)cc2)C(=O)OC(C)(C)C)n1. The van der Waals surface area contributed by atoms with Crippen LogP contribution in [0.5, 0.6) is 11.8 Å². The number of alkyl halides is 3. The Morgan fingerprint density at radius 3 is 2.42 bits per heavy atom. The molecule has 0 bridgehead atoms. The predicted octanol–water partition coefficient (Wildman–Crippen LogP) is 4.67. The summed E-state index contributed by atoms with van der Waals surface area (Å²) in [4.78, 5) is 36.2. The van der Waals surface area contributed by atoms with Crippen LogP contribution in [0.2, 0.25) is 0 Å². The lowest BCUT2D eigenvalue weighted by molar-refractivity contribution is -0.274. The molecule has 1 N–H and O–H groups in total. The standard InChI is InChI=1S/C25H31F3N4O6/c1-24(2,3)38-23(35)32(12-10-16-5-7-18(8-6-16)37-25(26,27)28)20-14-19(29-22(30-20)36-4)31-11-9-17(15-31)13-21(33)34/h5-8,14,17H,9-13,15H2,1-4H3,(H,33,34). The molecular formula is C25H31F3N4O6. The quantitative estimate of drug-likeness (QED) is 0.485. The van der Waals surface area contributed by atoms with Crippen LogP contribution in [0.25, 0.3) is 0 Å². The van der Waals surface area contributed by atoms with E-state index in [1.165, 1.54) is 36.3 Å². The molecule has 1 aromatic heterocycles. The van der Waals surface area contributed by atoms with Crippen LogP contribution in [0.3, 0.4) is 0 Å². The van der Waals surface area contributed by atoms with E-state index in [1.807, 2.05) is 4.90 Å². The largest absolute Gasteiger partial charge is 0.573 e. The summed E-state index contributed by atoms with van der Waals surface area (Å²) in [5.74, 6) is -0.570. The second kappa shape index (κ2) is 11.7. The molecule has 1 unspecified atom stereocenters. The number of rotatable bonds is 9. The molecule has 0 saturated carbocycles. The van der Waals surface area contributed by atoms with Gasteiger partial charge in [0.15, 0.2) is 0 Å². The molecule has 38 heavy (non-hydrogen) atoms. The van der Waals surface area contributed by atoms with E-state index in [9.17, 15) is 22.8 Å². The molecule has 10 nitrogen and oxygen atoms in total. The number of anilines is 2. The van der Waals surface area contributed by atoms with Crippen molar-refractivity contribution in [3.05, 3.63) is 35.9 Å². The van der Waals surface area contributed by atoms with Gasteiger partial charge in [0, 0.05) is 32.1 Å². The highest BCUT2D eigenvalue weighted by Gasteiger charge is 2.31. The summed E-state index contributed by atoms with van der Waals surface area (Å²) in [6.45, 7) is 6.32. The van der Waals surface area contributed by atoms with E-state index in [4.69, 9.17) is 14.6 Å². The number of hydrogen-bond acceptors (Lipinski definition) is 8. The fourth-order valence-electron chi connectivity index (χ4n) is 3.96. The van der Waals surface area contributed by atoms with Gasteiger partial charge in [-0.25, -0.2) is 4.79 Å². The lowest BCUT2D eigenvalue weighted by Gasteiger charge is -2.28. The van der Waals surface area contributed by atoms with Crippen molar-refractivity contribution < 1.29 is 42.1 Å². The Labute approximate surface area is 218 Å². The first kappa shape index (κ1) is 28.8. The fraction of sp³-hybridized carbons (Fsp3) is 0.520. The minimum absolute atomic E-state index is 0.0152. The first-order valence-corrected chi connectivity index (χ1v) is 12.0. The van der Waals surface area contributed by atoms with Crippen LogP contribution < -0.4 is 19.3 Å². The first-order valence-electron chi connectivity index (χ1n) is 12.0. The van der Waals surface area contributed by atoms with E-state index in [1.54, 1.807) is 26.8 Å². The highest BCUT2D eigenvalue weighted by Crippen LogP contribution is 2.29. The first-order chi connectivity index (χ1) is 17.7. The fourth-order valence-corrected chi connectivity index (χ4v) is 3.96. The molecule has 1 aliphatic heterocycles. The van der Waals surface area contributed by atoms with Gasteiger partial charge in [0.1, 0.15) is 23.0 Å². The van der Waals surface area contributed by atoms with Crippen molar-refractivity contribution in [2.45, 2.75) is 52.0 Å². The Hall–Kier alpha value is -3.77. The van der Waals surface area contributed by atoms with Gasteiger partial charge in [0.05, 0.1) is 7.11 Å². The summed E-state index contributed by atoms with van der Waals surface area (Å²) in [5, 5.41) is 9.12. The number of aliphatic carboxylic acids is 1. The van der Waals surface area contributed by atoms with Gasteiger partial charge in [-0.05, 0) is 57.2 Å². The van der Waals surface area contributed by atoms with Crippen molar-refractivity contribution in [3.63, 3.8) is 0 Å². The topological polar surface area (TPSA) is 114 Å². The van der Waals surface area contributed by atoms with E-state index in [2.05, 4.69) is 14.7 Å². The van der Waals surface area contributed by atoms with Crippen LogP contribution in [-0.4, -0.2) is 65.8 Å². The zero-order valence-electron chi connectivity index (χ0n) is 21.6. The summed E-state index contributed by atoms with van der Waals surface area (Å²) in [6, 6.07) is 6.98. The number of carboxylic acids is 1. The van der Waals surface area contributed by atoms with Gasteiger partial charge >= 0.3 is 24.4 Å². The third-order valence-corrected chi connectivity index (χ3v) is 5.61. The zero-order chi connectivity index (χ0) is 28.1. The maximum atomic E-state index is 13.2. The van der Waals surface area contributed by atoms with E-state index in [-0.39, 0.29) is 42.9 Å². The molecule has 1 aliphatic rings. The smallest absolute Gasteiger partial charge is 0.481 e. The maximum Gasteiger partial charge on any atom is 0.573 e. The van der Waals surface area contributed by atoms with Crippen molar-refractivity contribution in [2.24, 2.45) is 5.92 Å². The lowest BCUT2D eigenvalue weighted by Crippen LogP contribution is -2.39. The molecule has 1 saturated heterocycles. The summed E-state index contributed by atoms with van der Waals surface area (Å²) in [5.41, 5.74) is -0.143. The zero-order valence-corrected chi connectivity index (χ0v) is 21.6. The normalized spacial score (nSPS) is 15.8. The summed E-state index contributed by atoms with van der Waals surface area (Å²) in [7, 11) is 1.39. The molecule has 2 aromatic rings. The number of amides is 1. The van der Waals surface area contributed by atoms with Gasteiger partial charge in [0.25, 0.3) is 0 Å². The summed E-state index contributed by atoms with van der Waals surface area (Å²) >= 11 is 0. The Morgan fingerprint density at radius 2 is 1.84 bits per heavy atom. The van der Waals surface area contributed by atoms with Crippen LogP contribution in [-0.2, 0) is 16.0 Å². The molecule has 2 heterocycles. The Morgan fingerprint density at radius 1 is 1.16 bits per heavy atom. The number of benzene rings is 1. The van der Waals surface area contributed by atoms with Gasteiger partial charge in [-0.2, -0.15) is 9.97 Å². The number of carbonyl (C=O) groups is 2. The van der Waals surface area contributed by atoms with E-state index in [0.717, 1.165) is 0 Å². The molecule has 1 aromatic carbocycles. The number of carboxylic acid groups (broad SMARTS) is 1. The van der Waals surface area contributed by atoms with Crippen LogP contribution >= 0.6 is 0 Å². The van der Waals surface area contributed by atoms with Crippen LogP contribution in [0.1, 0.15) is 39.2 Å². The van der Waals surface area contributed by atoms with Gasteiger partial charge in [0.2, 0.25) is 0 Å². The summed E-state index contributed by atoms with van der Waals surface area (Å²) in [6.07, 6.45) is -4.47. The van der Waals surface area contributed by atoms with Crippen molar-refractivity contribution in [2.75, 3.05) is 36.5 Å². The molecule has 1 atom stereocenters. The molecule has 0 spiro atoms. The van der Waals surface area contributed by atoms with E-state index < -0.39 is 24.0 Å². The van der Waals surface area contributed by atoms with Gasteiger partial charge in [-0.3, -0.25) is 9.69 Å². The third-order valence-electron chi connectivity index (χ3n) is 5.61. The number of ether oxygens (including phenoxy) is 3. The number of halogens is 3. The number of hydrogen-bond donors (Lipinski definition) is 1. The second-order valence-electron chi connectivity index (χ2n) is 9.84. The summed E-state index contributed by atoms with van der Waals surface area (Å²) < 4.78 is 52.1. The molecular weight excluding hydrogens is 509 g/mol. The molecule has 0 aliphatic carbocycles. The number of aromatic nitrogens is 2. The highest BCUT2D eigenvalue weighted by atomic mass is 19.4. The average molecular weight is 541 g/mol. The highest BCUT2D eigenvalue weighted by molar-refractivity contribution is 5.87. The lowest BCUT2D eigenvalue weighted by atomic mass is 10.1. The number of carbonyl (C=O) groups excluding carboxylic acids is 1. The van der Waals surface area contributed by atoms with Crippen molar-refractivity contribution in [1.29, 1.82) is 0 Å². The van der Waals surface area contributed by atoms with E-state index >= 15 is 0 Å². The monoisotopic (exact) mass is 540 g/mol. The van der Waals surface area contributed by atoms with Crippen LogP contribution in [0.15, 0.2) is 30.3 Å². The Balaban J connectivity index is 1.85. The van der Waals surface area contributed by atoms with Crippen molar-refractivity contribution in [3.8, 4) is 11.8 Å². The third kappa shape index (κ3) is 8.67. The minimum atomic E-state index is -4.79. The minimum Gasteiger partial charge on any atom is -0.481 e. The molecule has 1 fully saturated rings. The molecule has 208 valence electrons.